The van der Waals surface area contributed by atoms with E-state index in [1.807, 2.05) is 13.0 Å². The smallest absolute Gasteiger partial charge is 0.164 e. The lowest BCUT2D eigenvalue weighted by molar-refractivity contribution is 0.000764. The van der Waals surface area contributed by atoms with Crippen LogP contribution in [0.1, 0.15) is 22.8 Å². The molecule has 3 rings (SSSR count). The Labute approximate surface area is 155 Å². The SMILES string of the molecule is COc1ccc(C=O)cc1OC(C)N1CCN(Cc2ccccc2)CC1. The number of hydrogen-bond acceptors (Lipinski definition) is 5. The maximum atomic E-state index is 11.0. The maximum Gasteiger partial charge on any atom is 0.164 e. The zero-order valence-electron chi connectivity index (χ0n) is 15.4. The second kappa shape index (κ2) is 8.83. The number of carbonyl (C=O) groups is 1. The minimum atomic E-state index is -0.0790. The summed E-state index contributed by atoms with van der Waals surface area (Å²) < 4.78 is 11.4. The van der Waals surface area contributed by atoms with Crippen LogP contribution in [0.4, 0.5) is 0 Å². The molecule has 26 heavy (non-hydrogen) atoms. The van der Waals surface area contributed by atoms with Gasteiger partial charge in [0, 0.05) is 38.3 Å². The predicted molar refractivity (Wildman–Crippen MR) is 102 cm³/mol. The van der Waals surface area contributed by atoms with Crippen molar-refractivity contribution in [3.63, 3.8) is 0 Å². The van der Waals surface area contributed by atoms with Crippen molar-refractivity contribution in [2.75, 3.05) is 33.3 Å². The van der Waals surface area contributed by atoms with Gasteiger partial charge in [0.25, 0.3) is 0 Å². The molecule has 1 saturated heterocycles. The summed E-state index contributed by atoms with van der Waals surface area (Å²) >= 11 is 0. The van der Waals surface area contributed by atoms with Gasteiger partial charge in [-0.25, -0.2) is 0 Å². The summed E-state index contributed by atoms with van der Waals surface area (Å²) in [5.41, 5.74) is 1.93. The van der Waals surface area contributed by atoms with E-state index in [0.29, 0.717) is 17.1 Å². The van der Waals surface area contributed by atoms with Crippen LogP contribution in [0.2, 0.25) is 0 Å². The summed E-state index contributed by atoms with van der Waals surface area (Å²) in [4.78, 5) is 15.8. The fourth-order valence-electron chi connectivity index (χ4n) is 3.24. The van der Waals surface area contributed by atoms with E-state index >= 15 is 0 Å². The number of ether oxygens (including phenoxy) is 2. The molecule has 0 aromatic heterocycles. The van der Waals surface area contributed by atoms with Crippen LogP contribution in [0.3, 0.4) is 0 Å². The average molecular weight is 354 g/mol. The highest BCUT2D eigenvalue weighted by Gasteiger charge is 2.23. The van der Waals surface area contributed by atoms with Gasteiger partial charge in [-0.05, 0) is 30.7 Å². The minimum absolute atomic E-state index is 0.0790. The Kier molecular flexibility index (Phi) is 6.26. The molecule has 5 nitrogen and oxygen atoms in total. The molecule has 0 amide bonds. The number of aldehydes is 1. The van der Waals surface area contributed by atoms with Crippen LogP contribution in [-0.2, 0) is 6.54 Å². The van der Waals surface area contributed by atoms with Gasteiger partial charge in [-0.15, -0.1) is 0 Å². The summed E-state index contributed by atoms with van der Waals surface area (Å²) in [6.45, 7) is 6.94. The number of nitrogens with zero attached hydrogens (tertiary/aromatic N) is 2. The molecular formula is C21H26N2O3. The molecule has 5 heteroatoms. The van der Waals surface area contributed by atoms with Crippen LogP contribution in [0.25, 0.3) is 0 Å². The van der Waals surface area contributed by atoms with E-state index in [1.54, 1.807) is 25.3 Å². The molecule has 0 bridgehead atoms. The molecule has 0 N–H and O–H groups in total. The van der Waals surface area contributed by atoms with E-state index in [-0.39, 0.29) is 6.23 Å². The van der Waals surface area contributed by atoms with Gasteiger partial charge in [-0.1, -0.05) is 30.3 Å². The highest BCUT2D eigenvalue weighted by Crippen LogP contribution is 2.29. The summed E-state index contributed by atoms with van der Waals surface area (Å²) in [5.74, 6) is 1.25. The average Bonchev–Trinajstić information content (AvgIpc) is 2.69. The Morgan fingerprint density at radius 3 is 2.42 bits per heavy atom. The molecule has 2 aromatic carbocycles. The number of benzene rings is 2. The van der Waals surface area contributed by atoms with Crippen LogP contribution in [-0.4, -0.2) is 55.6 Å². The Morgan fingerprint density at radius 2 is 1.77 bits per heavy atom. The highest BCUT2D eigenvalue weighted by molar-refractivity contribution is 5.76. The lowest BCUT2D eigenvalue weighted by Crippen LogP contribution is -2.50. The third kappa shape index (κ3) is 4.62. The van der Waals surface area contributed by atoms with Crippen molar-refractivity contribution < 1.29 is 14.3 Å². The van der Waals surface area contributed by atoms with Crippen molar-refractivity contribution in [3.8, 4) is 11.5 Å². The molecule has 1 aliphatic rings. The zero-order chi connectivity index (χ0) is 18.4. The van der Waals surface area contributed by atoms with Gasteiger partial charge in [0.05, 0.1) is 7.11 Å². The van der Waals surface area contributed by atoms with Gasteiger partial charge < -0.3 is 9.47 Å². The van der Waals surface area contributed by atoms with E-state index in [4.69, 9.17) is 9.47 Å². The Balaban J connectivity index is 1.55. The summed E-state index contributed by atoms with van der Waals surface area (Å²) in [5, 5.41) is 0. The molecule has 0 aliphatic carbocycles. The second-order valence-electron chi connectivity index (χ2n) is 6.54. The first-order valence-corrected chi connectivity index (χ1v) is 9.00. The van der Waals surface area contributed by atoms with Gasteiger partial charge in [0.15, 0.2) is 11.5 Å². The molecule has 138 valence electrons. The molecule has 2 aromatic rings. The molecule has 1 fully saturated rings. The van der Waals surface area contributed by atoms with Crippen molar-refractivity contribution >= 4 is 6.29 Å². The van der Waals surface area contributed by atoms with Crippen molar-refractivity contribution in [1.82, 2.24) is 9.80 Å². The van der Waals surface area contributed by atoms with Gasteiger partial charge >= 0.3 is 0 Å². The zero-order valence-corrected chi connectivity index (χ0v) is 15.4. The van der Waals surface area contributed by atoms with Crippen molar-refractivity contribution in [1.29, 1.82) is 0 Å². The van der Waals surface area contributed by atoms with E-state index in [2.05, 4.69) is 34.1 Å². The molecule has 1 heterocycles. The molecule has 0 radical (unpaired) electrons. The lowest BCUT2D eigenvalue weighted by atomic mass is 10.2. The maximum absolute atomic E-state index is 11.0. The summed E-state index contributed by atoms with van der Waals surface area (Å²) in [6, 6.07) is 15.8. The highest BCUT2D eigenvalue weighted by atomic mass is 16.5. The predicted octanol–water partition coefficient (Wildman–Crippen LogP) is 3.05. The van der Waals surface area contributed by atoms with Gasteiger partial charge in [0.1, 0.15) is 12.5 Å². The quantitative estimate of drug-likeness (QED) is 0.715. The molecule has 1 aliphatic heterocycles. The van der Waals surface area contributed by atoms with Crippen LogP contribution in [0.15, 0.2) is 48.5 Å². The molecule has 0 spiro atoms. The minimum Gasteiger partial charge on any atom is -0.493 e. The van der Waals surface area contributed by atoms with Crippen molar-refractivity contribution in [2.45, 2.75) is 19.7 Å². The number of methoxy groups -OCH3 is 1. The van der Waals surface area contributed by atoms with Gasteiger partial charge in [-0.2, -0.15) is 0 Å². The fourth-order valence-corrected chi connectivity index (χ4v) is 3.24. The monoisotopic (exact) mass is 354 g/mol. The van der Waals surface area contributed by atoms with Crippen molar-refractivity contribution in [3.05, 3.63) is 59.7 Å². The third-order valence-corrected chi connectivity index (χ3v) is 4.79. The molecule has 1 unspecified atom stereocenters. The van der Waals surface area contributed by atoms with Crippen LogP contribution in [0.5, 0.6) is 11.5 Å². The second-order valence-corrected chi connectivity index (χ2v) is 6.54. The van der Waals surface area contributed by atoms with E-state index in [0.717, 1.165) is 39.0 Å². The standard InChI is InChI=1S/C21H26N2O3/c1-17(26-21-14-19(16-24)8-9-20(21)25-2)23-12-10-22(11-13-23)15-18-6-4-3-5-7-18/h3-9,14,16-17H,10-13,15H2,1-2H3. The first-order valence-electron chi connectivity index (χ1n) is 9.00. The Bertz CT molecular complexity index is 712. The van der Waals surface area contributed by atoms with Gasteiger partial charge in [0.2, 0.25) is 0 Å². The number of hydrogen-bond donors (Lipinski definition) is 0. The number of carbonyl (C=O) groups excluding carboxylic acids is 1. The third-order valence-electron chi connectivity index (χ3n) is 4.79. The van der Waals surface area contributed by atoms with E-state index in [1.165, 1.54) is 5.56 Å². The first-order chi connectivity index (χ1) is 12.7. The topological polar surface area (TPSA) is 42.0 Å². The fraction of sp³-hybridized carbons (Fsp3) is 0.381. The van der Waals surface area contributed by atoms with Gasteiger partial charge in [-0.3, -0.25) is 14.6 Å². The number of rotatable bonds is 7. The van der Waals surface area contributed by atoms with E-state index < -0.39 is 0 Å². The van der Waals surface area contributed by atoms with E-state index in [9.17, 15) is 4.79 Å². The largest absolute Gasteiger partial charge is 0.493 e. The normalized spacial score (nSPS) is 16.8. The summed E-state index contributed by atoms with van der Waals surface area (Å²) in [7, 11) is 1.61. The summed E-state index contributed by atoms with van der Waals surface area (Å²) in [6.07, 6.45) is 0.740. The first kappa shape index (κ1) is 18.4. The molecular weight excluding hydrogens is 328 g/mol. The van der Waals surface area contributed by atoms with Crippen LogP contribution >= 0.6 is 0 Å². The molecule has 1 atom stereocenters. The Hall–Kier alpha value is -2.37. The lowest BCUT2D eigenvalue weighted by Gasteiger charge is -2.38. The van der Waals surface area contributed by atoms with Crippen LogP contribution in [0, 0.1) is 0 Å². The van der Waals surface area contributed by atoms with Crippen LogP contribution < -0.4 is 9.47 Å². The van der Waals surface area contributed by atoms with Crippen molar-refractivity contribution in [2.24, 2.45) is 0 Å². The Morgan fingerprint density at radius 1 is 1.04 bits per heavy atom. The molecule has 0 saturated carbocycles. The number of piperazine rings is 1.